The summed E-state index contributed by atoms with van der Waals surface area (Å²) in [6, 6.07) is 6.30. The molecule has 0 radical (unpaired) electrons. The smallest absolute Gasteiger partial charge is 0.407 e. The highest BCUT2D eigenvalue weighted by Gasteiger charge is 2.26. The molecule has 7 heteroatoms. The van der Waals surface area contributed by atoms with E-state index < -0.39 is 5.60 Å². The number of benzene rings is 1. The van der Waals surface area contributed by atoms with Crippen LogP contribution in [0.1, 0.15) is 70.8 Å². The number of nitrogens with zero attached hydrogens (tertiary/aromatic N) is 4. The molecule has 170 valence electrons. The van der Waals surface area contributed by atoms with Crippen LogP contribution in [0.3, 0.4) is 0 Å². The SMILES string of the molecule is CC(C)(C)OC(=O)NCCCCCCn1cc(-c2cnc3cccc(C4CC4)c3n2)cn1. The quantitative estimate of drug-likeness (QED) is 0.452. The van der Waals surface area contributed by atoms with Crippen LogP contribution in [0.5, 0.6) is 0 Å². The van der Waals surface area contributed by atoms with Gasteiger partial charge in [-0.05, 0) is 64.0 Å². The molecule has 1 saturated carbocycles. The second-order valence-electron chi connectivity index (χ2n) is 9.58. The van der Waals surface area contributed by atoms with E-state index in [2.05, 4.69) is 33.7 Å². The lowest BCUT2D eigenvalue weighted by Gasteiger charge is -2.19. The van der Waals surface area contributed by atoms with Crippen LogP contribution in [0.4, 0.5) is 4.79 Å². The lowest BCUT2D eigenvalue weighted by Crippen LogP contribution is -2.32. The molecule has 1 amide bonds. The minimum Gasteiger partial charge on any atom is -0.444 e. The van der Waals surface area contributed by atoms with E-state index in [-0.39, 0.29) is 6.09 Å². The van der Waals surface area contributed by atoms with Gasteiger partial charge in [-0.1, -0.05) is 25.0 Å². The van der Waals surface area contributed by atoms with Gasteiger partial charge in [0.1, 0.15) is 5.60 Å². The van der Waals surface area contributed by atoms with Gasteiger partial charge in [0.05, 0.1) is 29.1 Å². The monoisotopic (exact) mass is 435 g/mol. The molecule has 0 saturated heterocycles. The molecule has 32 heavy (non-hydrogen) atoms. The Morgan fingerprint density at radius 2 is 1.97 bits per heavy atom. The average Bonchev–Trinajstić information content (AvgIpc) is 3.48. The molecule has 0 bridgehead atoms. The van der Waals surface area contributed by atoms with Gasteiger partial charge in [0.15, 0.2) is 0 Å². The van der Waals surface area contributed by atoms with Crippen molar-refractivity contribution in [2.24, 2.45) is 0 Å². The predicted molar refractivity (Wildman–Crippen MR) is 125 cm³/mol. The molecule has 4 rings (SSSR count). The Balaban J connectivity index is 1.23. The number of amides is 1. The fourth-order valence-electron chi connectivity index (χ4n) is 3.79. The second-order valence-corrected chi connectivity index (χ2v) is 9.58. The second kappa shape index (κ2) is 9.67. The molecular formula is C25H33N5O2. The van der Waals surface area contributed by atoms with Gasteiger partial charge in [-0.15, -0.1) is 0 Å². The summed E-state index contributed by atoms with van der Waals surface area (Å²) in [5.74, 6) is 0.644. The van der Waals surface area contributed by atoms with Crippen LogP contribution < -0.4 is 5.32 Å². The number of hydrogen-bond donors (Lipinski definition) is 1. The number of para-hydroxylation sites is 1. The highest BCUT2D eigenvalue weighted by Crippen LogP contribution is 2.42. The first-order valence-corrected chi connectivity index (χ1v) is 11.6. The number of rotatable bonds is 9. The summed E-state index contributed by atoms with van der Waals surface area (Å²) >= 11 is 0. The summed E-state index contributed by atoms with van der Waals surface area (Å²) in [6.45, 7) is 7.11. The van der Waals surface area contributed by atoms with E-state index >= 15 is 0 Å². The van der Waals surface area contributed by atoms with E-state index in [0.717, 1.165) is 54.5 Å². The summed E-state index contributed by atoms with van der Waals surface area (Å²) in [5, 5.41) is 7.31. The number of nitrogens with one attached hydrogen (secondary N) is 1. The number of carbonyl (C=O) groups excluding carboxylic acids is 1. The fraction of sp³-hybridized carbons (Fsp3) is 0.520. The zero-order chi connectivity index (χ0) is 22.6. The maximum atomic E-state index is 11.6. The summed E-state index contributed by atoms with van der Waals surface area (Å²) in [6.07, 6.45) is 12.1. The molecule has 3 aromatic rings. The van der Waals surface area contributed by atoms with Crippen molar-refractivity contribution in [1.29, 1.82) is 0 Å². The fourth-order valence-corrected chi connectivity index (χ4v) is 3.79. The van der Waals surface area contributed by atoms with Crippen LogP contribution >= 0.6 is 0 Å². The third-order valence-electron chi connectivity index (χ3n) is 5.53. The lowest BCUT2D eigenvalue weighted by molar-refractivity contribution is 0.0527. The number of aryl methyl sites for hydroxylation is 1. The Kier molecular flexibility index (Phi) is 6.72. The number of hydrogen-bond acceptors (Lipinski definition) is 5. The number of unbranched alkanes of at least 4 members (excludes halogenated alkanes) is 3. The highest BCUT2D eigenvalue weighted by atomic mass is 16.6. The molecule has 1 fully saturated rings. The van der Waals surface area contributed by atoms with Gasteiger partial charge in [-0.3, -0.25) is 9.67 Å². The summed E-state index contributed by atoms with van der Waals surface area (Å²) in [4.78, 5) is 21.2. The lowest BCUT2D eigenvalue weighted by atomic mass is 10.1. The molecule has 1 aromatic carbocycles. The van der Waals surface area contributed by atoms with E-state index in [0.29, 0.717) is 12.5 Å². The topological polar surface area (TPSA) is 81.9 Å². The molecule has 0 spiro atoms. The number of aromatic nitrogens is 4. The minimum absolute atomic E-state index is 0.345. The van der Waals surface area contributed by atoms with Crippen LogP contribution in [-0.2, 0) is 11.3 Å². The molecular weight excluding hydrogens is 402 g/mol. The number of ether oxygens (including phenoxy) is 1. The third kappa shape index (κ3) is 6.05. The Morgan fingerprint density at radius 1 is 1.16 bits per heavy atom. The van der Waals surface area contributed by atoms with Gasteiger partial charge in [-0.2, -0.15) is 5.10 Å². The van der Waals surface area contributed by atoms with Crippen LogP contribution in [0.25, 0.3) is 22.3 Å². The third-order valence-corrected chi connectivity index (χ3v) is 5.53. The molecule has 0 unspecified atom stereocenters. The van der Waals surface area contributed by atoms with Crippen molar-refractivity contribution >= 4 is 17.1 Å². The first-order chi connectivity index (χ1) is 15.4. The maximum Gasteiger partial charge on any atom is 0.407 e. The van der Waals surface area contributed by atoms with Gasteiger partial charge >= 0.3 is 6.09 Å². The van der Waals surface area contributed by atoms with Gasteiger partial charge in [0.2, 0.25) is 0 Å². The van der Waals surface area contributed by atoms with Crippen molar-refractivity contribution in [3.05, 3.63) is 42.4 Å². The molecule has 1 N–H and O–H groups in total. The normalized spacial score (nSPS) is 14.0. The van der Waals surface area contributed by atoms with E-state index in [9.17, 15) is 4.79 Å². The first-order valence-electron chi connectivity index (χ1n) is 11.6. The van der Waals surface area contributed by atoms with E-state index in [4.69, 9.17) is 9.72 Å². The van der Waals surface area contributed by atoms with Crippen molar-refractivity contribution in [1.82, 2.24) is 25.1 Å². The van der Waals surface area contributed by atoms with Crippen molar-refractivity contribution < 1.29 is 9.53 Å². The van der Waals surface area contributed by atoms with E-state index in [1.807, 2.05) is 43.9 Å². The summed E-state index contributed by atoms with van der Waals surface area (Å²) in [7, 11) is 0. The summed E-state index contributed by atoms with van der Waals surface area (Å²) in [5.41, 5.74) is 4.75. The molecule has 1 aliphatic rings. The van der Waals surface area contributed by atoms with Gasteiger partial charge < -0.3 is 10.1 Å². The Labute approximate surface area is 189 Å². The predicted octanol–water partition coefficient (Wildman–Crippen LogP) is 5.46. The van der Waals surface area contributed by atoms with Crippen LogP contribution in [-0.4, -0.2) is 38.0 Å². The van der Waals surface area contributed by atoms with Crippen molar-refractivity contribution in [2.45, 2.75) is 77.4 Å². The highest BCUT2D eigenvalue weighted by molar-refractivity contribution is 5.81. The number of alkyl carbamates (subject to hydrolysis) is 1. The van der Waals surface area contributed by atoms with Crippen LogP contribution in [0, 0.1) is 0 Å². The largest absolute Gasteiger partial charge is 0.444 e. The van der Waals surface area contributed by atoms with Crippen molar-refractivity contribution in [3.8, 4) is 11.3 Å². The average molecular weight is 436 g/mol. The minimum atomic E-state index is -0.454. The summed E-state index contributed by atoms with van der Waals surface area (Å²) < 4.78 is 7.21. The van der Waals surface area contributed by atoms with Gasteiger partial charge in [0, 0.05) is 24.8 Å². The molecule has 0 aliphatic heterocycles. The Hall–Kier alpha value is -2.96. The van der Waals surface area contributed by atoms with E-state index in [1.54, 1.807) is 0 Å². The molecule has 7 nitrogen and oxygen atoms in total. The maximum absolute atomic E-state index is 11.6. The molecule has 0 atom stereocenters. The zero-order valence-electron chi connectivity index (χ0n) is 19.3. The van der Waals surface area contributed by atoms with E-state index in [1.165, 1.54) is 18.4 Å². The number of fused-ring (bicyclic) bond motifs is 1. The zero-order valence-corrected chi connectivity index (χ0v) is 19.3. The van der Waals surface area contributed by atoms with Gasteiger partial charge in [0.25, 0.3) is 0 Å². The molecule has 1 aliphatic carbocycles. The molecule has 2 aromatic heterocycles. The van der Waals surface area contributed by atoms with Gasteiger partial charge in [-0.25, -0.2) is 9.78 Å². The van der Waals surface area contributed by atoms with Crippen LogP contribution in [0.15, 0.2) is 36.8 Å². The van der Waals surface area contributed by atoms with Crippen molar-refractivity contribution in [3.63, 3.8) is 0 Å². The standard InChI is InChI=1S/C25H33N5O2/c1-25(2,3)32-24(31)26-13-6-4-5-7-14-30-17-19(15-28-30)22-16-27-21-10-8-9-20(18-11-12-18)23(21)29-22/h8-10,15-18H,4-7,11-14H2,1-3H3,(H,26,31). The van der Waals surface area contributed by atoms with Crippen molar-refractivity contribution in [2.75, 3.05) is 6.54 Å². The van der Waals surface area contributed by atoms with Crippen LogP contribution in [0.2, 0.25) is 0 Å². The first kappa shape index (κ1) is 22.2. The number of carbonyl (C=O) groups is 1. The molecule has 2 heterocycles. The Bertz CT molecular complexity index is 1070. The Morgan fingerprint density at radius 3 is 2.75 bits per heavy atom.